The van der Waals surface area contributed by atoms with Crippen LogP contribution in [-0.4, -0.2) is 22.9 Å². The van der Waals surface area contributed by atoms with E-state index in [-0.39, 0.29) is 0 Å². The van der Waals surface area contributed by atoms with Crippen LogP contribution in [0.15, 0.2) is 12.4 Å². The summed E-state index contributed by atoms with van der Waals surface area (Å²) in [6.07, 6.45) is 8.19. The van der Waals surface area contributed by atoms with Gasteiger partial charge in [-0.2, -0.15) is 10.4 Å². The first kappa shape index (κ1) is 10.2. The Balaban J connectivity index is 1.98. The van der Waals surface area contributed by atoms with E-state index in [4.69, 9.17) is 5.26 Å². The first-order valence-electron chi connectivity index (χ1n) is 5.45. The largest absolute Gasteiger partial charge is 0.317 e. The summed E-state index contributed by atoms with van der Waals surface area (Å²) in [6, 6.07) is 3.25. The van der Waals surface area contributed by atoms with Crippen LogP contribution in [0.1, 0.15) is 37.3 Å². The van der Waals surface area contributed by atoms with E-state index in [9.17, 15) is 0 Å². The molecule has 4 heteroatoms. The van der Waals surface area contributed by atoms with Crippen molar-refractivity contribution in [2.45, 2.75) is 37.8 Å². The molecule has 1 aromatic heterocycles. The molecule has 0 spiro atoms. The molecule has 1 fully saturated rings. The highest BCUT2D eigenvalue weighted by Crippen LogP contribution is 2.27. The van der Waals surface area contributed by atoms with Gasteiger partial charge >= 0.3 is 0 Å². The summed E-state index contributed by atoms with van der Waals surface area (Å²) in [4.78, 5) is 0. The number of nitrogens with one attached hydrogen (secondary N) is 1. The highest BCUT2D eigenvalue weighted by molar-refractivity contribution is 5.21. The van der Waals surface area contributed by atoms with E-state index in [0.29, 0.717) is 17.6 Å². The number of rotatable bonds is 2. The second-order valence-electron chi connectivity index (χ2n) is 4.11. The van der Waals surface area contributed by atoms with Gasteiger partial charge in [-0.25, -0.2) is 0 Å². The normalized spacial score (nSPS) is 26.1. The van der Waals surface area contributed by atoms with Crippen LogP contribution >= 0.6 is 0 Å². The molecule has 0 aliphatic heterocycles. The third kappa shape index (κ3) is 2.18. The van der Waals surface area contributed by atoms with Crippen molar-refractivity contribution in [2.24, 2.45) is 0 Å². The second-order valence-corrected chi connectivity index (χ2v) is 4.11. The van der Waals surface area contributed by atoms with Crippen LogP contribution < -0.4 is 5.32 Å². The maximum Gasteiger partial charge on any atom is 0.102 e. The average molecular weight is 204 g/mol. The summed E-state index contributed by atoms with van der Waals surface area (Å²) in [5, 5.41) is 16.3. The molecule has 1 N–H and O–H groups in total. The Hall–Kier alpha value is -1.34. The Bertz CT molecular complexity index is 355. The van der Waals surface area contributed by atoms with E-state index in [1.807, 2.05) is 17.9 Å². The predicted molar refractivity (Wildman–Crippen MR) is 57.3 cm³/mol. The van der Waals surface area contributed by atoms with E-state index in [1.54, 1.807) is 6.20 Å². The number of aromatic nitrogens is 2. The minimum absolute atomic E-state index is 0.483. The highest BCUT2D eigenvalue weighted by Gasteiger charge is 2.21. The molecule has 80 valence electrons. The van der Waals surface area contributed by atoms with Gasteiger partial charge in [0.1, 0.15) is 6.07 Å². The molecule has 0 saturated heterocycles. The minimum atomic E-state index is 0.483. The topological polar surface area (TPSA) is 53.6 Å². The smallest absolute Gasteiger partial charge is 0.102 e. The fraction of sp³-hybridized carbons (Fsp3) is 0.636. The lowest BCUT2D eigenvalue weighted by Gasteiger charge is -2.28. The molecule has 1 aromatic rings. The Kier molecular flexibility index (Phi) is 3.02. The molecule has 1 aliphatic carbocycles. The Morgan fingerprint density at radius 3 is 2.73 bits per heavy atom. The average Bonchev–Trinajstić information content (AvgIpc) is 2.78. The lowest BCUT2D eigenvalue weighted by Crippen LogP contribution is -2.31. The van der Waals surface area contributed by atoms with Gasteiger partial charge in [0.2, 0.25) is 0 Å². The van der Waals surface area contributed by atoms with Gasteiger partial charge in [-0.1, -0.05) is 0 Å². The number of hydrogen-bond donors (Lipinski definition) is 1. The molecule has 0 atom stereocenters. The molecule has 0 radical (unpaired) electrons. The summed E-state index contributed by atoms with van der Waals surface area (Å²) in [5.74, 6) is 0. The maximum atomic E-state index is 8.72. The molecule has 0 unspecified atom stereocenters. The van der Waals surface area contributed by atoms with Crippen molar-refractivity contribution in [3.63, 3.8) is 0 Å². The van der Waals surface area contributed by atoms with Crippen LogP contribution in [0.4, 0.5) is 0 Å². The number of nitriles is 1. The van der Waals surface area contributed by atoms with E-state index in [0.717, 1.165) is 12.8 Å². The van der Waals surface area contributed by atoms with Crippen molar-refractivity contribution < 1.29 is 0 Å². The van der Waals surface area contributed by atoms with Gasteiger partial charge in [0.25, 0.3) is 0 Å². The summed E-state index contributed by atoms with van der Waals surface area (Å²) in [5.41, 5.74) is 0.658. The van der Waals surface area contributed by atoms with Crippen LogP contribution in [0.25, 0.3) is 0 Å². The Morgan fingerprint density at radius 2 is 2.20 bits per heavy atom. The molecular formula is C11H16N4. The fourth-order valence-electron chi connectivity index (χ4n) is 2.22. The lowest BCUT2D eigenvalue weighted by molar-refractivity contribution is 0.284. The molecule has 15 heavy (non-hydrogen) atoms. The summed E-state index contributed by atoms with van der Waals surface area (Å²) < 4.78 is 1.95. The first-order chi connectivity index (χ1) is 7.33. The van der Waals surface area contributed by atoms with Crippen LogP contribution in [0.5, 0.6) is 0 Å². The molecule has 4 nitrogen and oxygen atoms in total. The zero-order valence-electron chi connectivity index (χ0n) is 8.98. The number of hydrogen-bond acceptors (Lipinski definition) is 3. The standard InChI is InChI=1S/C11H16N4/c1-13-10-2-4-11(5-3-10)15-8-9(6-12)7-14-15/h7-8,10-11,13H,2-5H2,1H3. The van der Waals surface area contributed by atoms with Crippen molar-refractivity contribution >= 4 is 0 Å². The predicted octanol–water partition coefficient (Wildman–Crippen LogP) is 1.46. The summed E-state index contributed by atoms with van der Waals surface area (Å²) >= 11 is 0. The fourth-order valence-corrected chi connectivity index (χ4v) is 2.22. The number of nitrogens with zero attached hydrogens (tertiary/aromatic N) is 3. The molecule has 0 aromatic carbocycles. The molecule has 1 heterocycles. The van der Waals surface area contributed by atoms with Crippen molar-refractivity contribution in [1.29, 1.82) is 5.26 Å². The van der Waals surface area contributed by atoms with Crippen molar-refractivity contribution in [3.05, 3.63) is 18.0 Å². The summed E-state index contributed by atoms with van der Waals surface area (Å²) in [7, 11) is 2.02. The van der Waals surface area contributed by atoms with Gasteiger partial charge in [-0.3, -0.25) is 4.68 Å². The third-order valence-electron chi connectivity index (χ3n) is 3.21. The van der Waals surface area contributed by atoms with Crippen molar-refractivity contribution in [1.82, 2.24) is 15.1 Å². The molecule has 1 aliphatic rings. The van der Waals surface area contributed by atoms with Crippen molar-refractivity contribution in [3.8, 4) is 6.07 Å². The monoisotopic (exact) mass is 204 g/mol. The van der Waals surface area contributed by atoms with Crippen LogP contribution in [0, 0.1) is 11.3 Å². The summed E-state index contributed by atoms with van der Waals surface area (Å²) in [6.45, 7) is 0. The van der Waals surface area contributed by atoms with Gasteiger partial charge in [-0.05, 0) is 32.7 Å². The maximum absolute atomic E-state index is 8.72. The van der Waals surface area contributed by atoms with E-state index < -0.39 is 0 Å². The molecule has 0 amide bonds. The van der Waals surface area contributed by atoms with Gasteiger partial charge in [0.15, 0.2) is 0 Å². The van der Waals surface area contributed by atoms with Gasteiger partial charge in [-0.15, -0.1) is 0 Å². The minimum Gasteiger partial charge on any atom is -0.317 e. The zero-order chi connectivity index (χ0) is 10.7. The van der Waals surface area contributed by atoms with Crippen LogP contribution in [-0.2, 0) is 0 Å². The van der Waals surface area contributed by atoms with Crippen molar-refractivity contribution in [2.75, 3.05) is 7.05 Å². The molecular weight excluding hydrogens is 188 g/mol. The Morgan fingerprint density at radius 1 is 1.47 bits per heavy atom. The Labute approximate surface area is 89.9 Å². The van der Waals surface area contributed by atoms with Crippen LogP contribution in [0.2, 0.25) is 0 Å². The second kappa shape index (κ2) is 4.45. The van der Waals surface area contributed by atoms with Gasteiger partial charge in [0, 0.05) is 12.2 Å². The SMILES string of the molecule is CNC1CCC(n2cc(C#N)cn2)CC1. The van der Waals surface area contributed by atoms with E-state index in [1.165, 1.54) is 12.8 Å². The molecule has 0 bridgehead atoms. The highest BCUT2D eigenvalue weighted by atomic mass is 15.3. The lowest BCUT2D eigenvalue weighted by atomic mass is 9.91. The van der Waals surface area contributed by atoms with Gasteiger partial charge in [0.05, 0.1) is 17.8 Å². The third-order valence-corrected chi connectivity index (χ3v) is 3.21. The first-order valence-corrected chi connectivity index (χ1v) is 5.45. The van der Waals surface area contributed by atoms with E-state index >= 15 is 0 Å². The molecule has 1 saturated carbocycles. The van der Waals surface area contributed by atoms with Gasteiger partial charge < -0.3 is 5.32 Å². The zero-order valence-corrected chi connectivity index (χ0v) is 8.98. The van der Waals surface area contributed by atoms with E-state index in [2.05, 4.69) is 16.5 Å². The quantitative estimate of drug-likeness (QED) is 0.793. The molecule has 2 rings (SSSR count). The van der Waals surface area contributed by atoms with Crippen LogP contribution in [0.3, 0.4) is 0 Å².